The van der Waals surface area contributed by atoms with E-state index in [1.54, 1.807) is 43.7 Å². The van der Waals surface area contributed by atoms with E-state index >= 15 is 0 Å². The maximum atomic E-state index is 13.6. The molecule has 3 aromatic rings. The van der Waals surface area contributed by atoms with Crippen molar-refractivity contribution in [1.29, 1.82) is 0 Å². The van der Waals surface area contributed by atoms with Crippen molar-refractivity contribution in [3.05, 3.63) is 84.5 Å². The Bertz CT molecular complexity index is 1500. The van der Waals surface area contributed by atoms with E-state index in [4.69, 9.17) is 18.9 Å². The number of esters is 1. The average molecular weight is 479 g/mol. The standard InChI is InChI=1S/C25H22N2O6S/c1-4-31-24(29)21-14(2)26-25-27(22(21)16-8-9-18-19(12-16)33-13-32-18)23(28)20(34-25)11-15-6-5-7-17(10-15)30-3/h5-12,22H,4,13H2,1-3H3/b20-11+/t22-/m0/s1. The Balaban J connectivity index is 1.71. The molecule has 2 aliphatic heterocycles. The minimum Gasteiger partial charge on any atom is -0.497 e. The molecule has 5 rings (SSSR count). The van der Waals surface area contributed by atoms with Gasteiger partial charge in [-0.05, 0) is 55.3 Å². The number of ether oxygens (including phenoxy) is 4. The highest BCUT2D eigenvalue weighted by molar-refractivity contribution is 7.07. The van der Waals surface area contributed by atoms with Gasteiger partial charge in [0.2, 0.25) is 6.79 Å². The second-order valence-electron chi connectivity index (χ2n) is 7.69. The smallest absolute Gasteiger partial charge is 0.338 e. The molecule has 0 bridgehead atoms. The quantitative estimate of drug-likeness (QED) is 0.524. The first-order chi connectivity index (χ1) is 16.5. The Labute approximate surface area is 199 Å². The molecular weight excluding hydrogens is 456 g/mol. The summed E-state index contributed by atoms with van der Waals surface area (Å²) in [7, 11) is 1.60. The lowest BCUT2D eigenvalue weighted by Gasteiger charge is -2.24. The molecule has 0 spiro atoms. The van der Waals surface area contributed by atoms with Crippen molar-refractivity contribution in [2.45, 2.75) is 19.9 Å². The Hall–Kier alpha value is -3.85. The molecule has 0 saturated heterocycles. The molecule has 1 atom stereocenters. The second kappa shape index (κ2) is 8.83. The Morgan fingerprint density at radius 1 is 1.24 bits per heavy atom. The second-order valence-corrected chi connectivity index (χ2v) is 8.70. The van der Waals surface area contributed by atoms with E-state index in [2.05, 4.69) is 4.99 Å². The van der Waals surface area contributed by atoms with E-state index in [9.17, 15) is 9.59 Å². The summed E-state index contributed by atoms with van der Waals surface area (Å²) in [5.74, 6) is 1.37. The molecular formula is C25H22N2O6S. The molecule has 2 aromatic carbocycles. The number of allylic oxidation sites excluding steroid dienone is 1. The van der Waals surface area contributed by atoms with Crippen molar-refractivity contribution >= 4 is 23.4 Å². The molecule has 9 heteroatoms. The van der Waals surface area contributed by atoms with Crippen LogP contribution in [0, 0.1) is 0 Å². The summed E-state index contributed by atoms with van der Waals surface area (Å²) >= 11 is 1.27. The average Bonchev–Trinajstić information content (AvgIpc) is 3.42. The number of benzene rings is 2. The SMILES string of the molecule is CCOC(=O)C1=C(C)N=c2s/c(=C/c3cccc(OC)c3)c(=O)n2[C@H]1c1ccc2c(c1)OCO2. The van der Waals surface area contributed by atoms with Gasteiger partial charge in [-0.15, -0.1) is 0 Å². The highest BCUT2D eigenvalue weighted by Crippen LogP contribution is 2.38. The van der Waals surface area contributed by atoms with Crippen LogP contribution in [-0.2, 0) is 9.53 Å². The number of aromatic nitrogens is 1. The third-order valence-corrected chi connectivity index (χ3v) is 6.60. The predicted molar refractivity (Wildman–Crippen MR) is 126 cm³/mol. The van der Waals surface area contributed by atoms with E-state index in [0.29, 0.717) is 43.4 Å². The molecule has 0 saturated carbocycles. The van der Waals surface area contributed by atoms with E-state index in [0.717, 1.165) is 5.56 Å². The summed E-state index contributed by atoms with van der Waals surface area (Å²) in [6.07, 6.45) is 1.80. The van der Waals surface area contributed by atoms with E-state index in [-0.39, 0.29) is 19.0 Å². The zero-order valence-electron chi connectivity index (χ0n) is 18.9. The van der Waals surface area contributed by atoms with Crippen LogP contribution >= 0.6 is 11.3 Å². The van der Waals surface area contributed by atoms with E-state index < -0.39 is 12.0 Å². The van der Waals surface area contributed by atoms with Gasteiger partial charge in [0.25, 0.3) is 5.56 Å². The van der Waals surface area contributed by atoms with Gasteiger partial charge in [-0.1, -0.05) is 29.5 Å². The maximum Gasteiger partial charge on any atom is 0.338 e. The molecule has 0 fully saturated rings. The Kier molecular flexibility index (Phi) is 5.70. The molecule has 174 valence electrons. The van der Waals surface area contributed by atoms with Gasteiger partial charge in [-0.3, -0.25) is 9.36 Å². The third kappa shape index (κ3) is 3.77. The summed E-state index contributed by atoms with van der Waals surface area (Å²) in [6.45, 7) is 3.84. The molecule has 0 N–H and O–H groups in total. The van der Waals surface area contributed by atoms with Gasteiger partial charge < -0.3 is 18.9 Å². The molecule has 3 heterocycles. The maximum absolute atomic E-state index is 13.6. The number of methoxy groups -OCH3 is 1. The van der Waals surface area contributed by atoms with Gasteiger partial charge in [0.1, 0.15) is 5.75 Å². The normalized spacial score (nSPS) is 16.8. The minimum absolute atomic E-state index is 0.127. The van der Waals surface area contributed by atoms with Crippen LogP contribution in [-0.4, -0.2) is 31.0 Å². The monoisotopic (exact) mass is 478 g/mol. The zero-order valence-corrected chi connectivity index (χ0v) is 19.7. The fourth-order valence-electron chi connectivity index (χ4n) is 4.07. The topological polar surface area (TPSA) is 88.4 Å². The van der Waals surface area contributed by atoms with Crippen LogP contribution in [0.25, 0.3) is 6.08 Å². The molecule has 0 amide bonds. The fraction of sp³-hybridized carbons (Fsp3) is 0.240. The molecule has 0 aliphatic carbocycles. The van der Waals surface area contributed by atoms with Crippen molar-refractivity contribution < 1.29 is 23.7 Å². The summed E-state index contributed by atoms with van der Waals surface area (Å²) in [5.41, 5.74) is 2.11. The highest BCUT2D eigenvalue weighted by Gasteiger charge is 2.34. The number of fused-ring (bicyclic) bond motifs is 2. The lowest BCUT2D eigenvalue weighted by molar-refractivity contribution is -0.139. The minimum atomic E-state index is -0.711. The number of carbonyl (C=O) groups excluding carboxylic acids is 1. The lowest BCUT2D eigenvalue weighted by atomic mass is 9.95. The van der Waals surface area contributed by atoms with Gasteiger partial charge in [-0.2, -0.15) is 0 Å². The van der Waals surface area contributed by atoms with E-state index in [1.807, 2.05) is 30.3 Å². The molecule has 0 radical (unpaired) electrons. The highest BCUT2D eigenvalue weighted by atomic mass is 32.1. The van der Waals surface area contributed by atoms with Crippen LogP contribution in [0.4, 0.5) is 0 Å². The summed E-state index contributed by atoms with van der Waals surface area (Å²) < 4.78 is 23.6. The first-order valence-corrected chi connectivity index (χ1v) is 11.5. The fourth-order valence-corrected chi connectivity index (χ4v) is 5.12. The first-order valence-electron chi connectivity index (χ1n) is 10.7. The van der Waals surface area contributed by atoms with Gasteiger partial charge in [0, 0.05) is 0 Å². The number of hydrogen-bond donors (Lipinski definition) is 0. The molecule has 2 aliphatic rings. The lowest BCUT2D eigenvalue weighted by Crippen LogP contribution is -2.39. The van der Waals surface area contributed by atoms with Crippen LogP contribution in [0.5, 0.6) is 17.2 Å². The van der Waals surface area contributed by atoms with Gasteiger partial charge >= 0.3 is 5.97 Å². The number of carbonyl (C=O) groups is 1. The molecule has 0 unspecified atom stereocenters. The van der Waals surface area contributed by atoms with Crippen LogP contribution in [0.15, 0.2) is 63.5 Å². The molecule has 1 aromatic heterocycles. The van der Waals surface area contributed by atoms with Gasteiger partial charge in [0.05, 0.1) is 35.6 Å². The predicted octanol–water partition coefficient (Wildman–Crippen LogP) is 2.54. The number of hydrogen-bond acceptors (Lipinski definition) is 8. The van der Waals surface area contributed by atoms with Gasteiger partial charge in [0.15, 0.2) is 16.3 Å². The number of thiazole rings is 1. The van der Waals surface area contributed by atoms with Crippen molar-refractivity contribution in [3.8, 4) is 17.2 Å². The van der Waals surface area contributed by atoms with E-state index in [1.165, 1.54) is 11.3 Å². The number of rotatable bonds is 5. The van der Waals surface area contributed by atoms with Crippen LogP contribution < -0.4 is 29.1 Å². The Morgan fingerprint density at radius 3 is 2.85 bits per heavy atom. The van der Waals surface area contributed by atoms with Crippen LogP contribution in [0.3, 0.4) is 0 Å². The third-order valence-electron chi connectivity index (χ3n) is 5.62. The first kappa shape index (κ1) is 22.0. The largest absolute Gasteiger partial charge is 0.497 e. The van der Waals surface area contributed by atoms with Crippen molar-refractivity contribution in [2.75, 3.05) is 20.5 Å². The molecule has 8 nitrogen and oxygen atoms in total. The van der Waals surface area contributed by atoms with Gasteiger partial charge in [-0.25, -0.2) is 9.79 Å². The van der Waals surface area contributed by atoms with Crippen molar-refractivity contribution in [3.63, 3.8) is 0 Å². The summed E-state index contributed by atoms with van der Waals surface area (Å²) in [5, 5.41) is 0. The van der Waals surface area contributed by atoms with Crippen molar-refractivity contribution in [1.82, 2.24) is 4.57 Å². The van der Waals surface area contributed by atoms with Crippen molar-refractivity contribution in [2.24, 2.45) is 4.99 Å². The number of nitrogens with zero attached hydrogens (tertiary/aromatic N) is 2. The van der Waals surface area contributed by atoms with Crippen LogP contribution in [0.2, 0.25) is 0 Å². The zero-order chi connectivity index (χ0) is 23.8. The molecule has 34 heavy (non-hydrogen) atoms. The van der Waals surface area contributed by atoms with Crippen LogP contribution in [0.1, 0.15) is 31.0 Å². The summed E-state index contributed by atoms with van der Waals surface area (Å²) in [4.78, 5) is 31.7. The summed E-state index contributed by atoms with van der Waals surface area (Å²) in [6, 6.07) is 12.1. The Morgan fingerprint density at radius 2 is 2.06 bits per heavy atom.